The van der Waals surface area contributed by atoms with Crippen LogP contribution in [0.25, 0.3) is 154 Å². The van der Waals surface area contributed by atoms with Gasteiger partial charge in [0.05, 0.1) is 72.3 Å². The first-order chi connectivity index (χ1) is 40.2. The number of furan rings is 1. The molecule has 0 fully saturated rings. The molecule has 0 amide bonds. The second-order valence-corrected chi connectivity index (χ2v) is 20.9. The number of para-hydroxylation sites is 6. The maximum Gasteiger partial charge on any atom is 0.145 e. The fourth-order valence-electron chi connectivity index (χ4n) is 13.5. The van der Waals surface area contributed by atoms with Crippen LogP contribution in [0.1, 0.15) is 11.1 Å². The van der Waals surface area contributed by atoms with Crippen molar-refractivity contribution in [1.82, 2.24) is 18.3 Å². The van der Waals surface area contributed by atoms with E-state index in [9.17, 15) is 10.5 Å². The van der Waals surface area contributed by atoms with Crippen molar-refractivity contribution in [2.45, 2.75) is 0 Å². The number of rotatable bonds is 6. The smallest absolute Gasteiger partial charge is 0.145 e. The molecule has 7 nitrogen and oxygen atoms in total. The van der Waals surface area contributed by atoms with E-state index < -0.39 is 0 Å². The molecule has 0 radical (unpaired) electrons. The van der Waals surface area contributed by atoms with Gasteiger partial charge in [-0.3, -0.25) is 0 Å². The lowest BCUT2D eigenvalue weighted by molar-refractivity contribution is 0.673. The molecule has 0 spiro atoms. The SMILES string of the molecule is N#Cc1c(-n2c3ccccc3c3ccccc32)c(-n2c3ccccc3c3ccccc32)c(C#N)c(-n2c3ccc(-c4ccccc4)cc3c3c4oc5ccc(-c6ccccc6)cc5c4ccc32)c1-n1c2ccccc2c2ccccc21. The highest BCUT2D eigenvalue weighted by Gasteiger charge is 2.35. The number of aromatic nitrogens is 4. The maximum absolute atomic E-state index is 12.8. The molecule has 0 bridgehead atoms. The largest absolute Gasteiger partial charge is 0.455 e. The molecule has 17 rings (SSSR count). The third-order valence-corrected chi connectivity index (χ3v) is 16.8. The zero-order valence-electron chi connectivity index (χ0n) is 43.3. The number of hydrogen-bond acceptors (Lipinski definition) is 3. The summed E-state index contributed by atoms with van der Waals surface area (Å²) in [7, 11) is 0. The highest BCUT2D eigenvalue weighted by Crippen LogP contribution is 2.50. The van der Waals surface area contributed by atoms with Crippen LogP contribution in [0.15, 0.2) is 259 Å². The maximum atomic E-state index is 12.8. The Morgan fingerprint density at radius 1 is 0.259 bits per heavy atom. The molecule has 0 atom stereocenters. The van der Waals surface area contributed by atoms with Crippen molar-refractivity contribution in [3.8, 4) is 57.1 Å². The molecule has 81 heavy (non-hydrogen) atoms. The Hall–Kier alpha value is -11.4. The third kappa shape index (κ3) is 6.20. The standard InChI is InChI=1S/C74H42N6O/c75-43-58-70(77-60-29-13-7-23-49(60)50-24-8-14-30-61(50)77)71(78-62-31-15-9-25-51(62)52-26-10-16-32-63(52)78)59(44-76)73(72(58)79-64-33-17-11-27-53(64)54-28-12-18-34-65(54)79)80-66-38-35-47(45-19-3-1-4-20-45)42-57(66)69-67(80)39-37-55-56-41-48(46-21-5-2-6-22-46)36-40-68(56)81-74(55)69/h1-42H. The van der Waals surface area contributed by atoms with Crippen LogP contribution in [0.4, 0.5) is 0 Å². The van der Waals surface area contributed by atoms with E-state index in [-0.39, 0.29) is 0 Å². The summed E-state index contributed by atoms with van der Waals surface area (Å²) in [4.78, 5) is 0. The van der Waals surface area contributed by atoms with Crippen molar-refractivity contribution in [1.29, 1.82) is 10.5 Å². The van der Waals surface area contributed by atoms with E-state index in [0.717, 1.165) is 131 Å². The number of hydrogen-bond donors (Lipinski definition) is 0. The van der Waals surface area contributed by atoms with Gasteiger partial charge < -0.3 is 22.7 Å². The second kappa shape index (κ2) is 17.1. The van der Waals surface area contributed by atoms with Crippen molar-refractivity contribution in [2.24, 2.45) is 0 Å². The van der Waals surface area contributed by atoms with Gasteiger partial charge in [-0.15, -0.1) is 0 Å². The van der Waals surface area contributed by atoms with Crippen LogP contribution in [0, 0.1) is 22.7 Å². The molecule has 374 valence electrons. The van der Waals surface area contributed by atoms with Crippen LogP contribution in [-0.2, 0) is 0 Å². The summed E-state index contributed by atoms with van der Waals surface area (Å²) in [5.41, 5.74) is 16.1. The van der Waals surface area contributed by atoms with Gasteiger partial charge in [0.25, 0.3) is 0 Å². The fourth-order valence-corrected chi connectivity index (χ4v) is 13.5. The van der Waals surface area contributed by atoms with Crippen LogP contribution < -0.4 is 0 Å². The lowest BCUT2D eigenvalue weighted by atomic mass is 9.98. The third-order valence-electron chi connectivity index (χ3n) is 16.8. The normalized spacial score (nSPS) is 11.9. The van der Waals surface area contributed by atoms with Crippen LogP contribution in [-0.4, -0.2) is 18.3 Å². The Bertz CT molecular complexity index is 5460. The molecular weight excluding hydrogens is 989 g/mol. The van der Waals surface area contributed by atoms with Crippen molar-refractivity contribution in [3.05, 3.63) is 266 Å². The number of benzene rings is 12. The van der Waals surface area contributed by atoms with Crippen LogP contribution in [0.5, 0.6) is 0 Å². The zero-order chi connectivity index (χ0) is 53.4. The molecule has 0 saturated carbocycles. The molecule has 0 unspecified atom stereocenters. The predicted octanol–water partition coefficient (Wildman–Crippen LogP) is 19.1. The fraction of sp³-hybridized carbons (Fsp3) is 0. The summed E-state index contributed by atoms with van der Waals surface area (Å²) < 4.78 is 16.1. The van der Waals surface area contributed by atoms with Crippen molar-refractivity contribution in [3.63, 3.8) is 0 Å². The van der Waals surface area contributed by atoms with Gasteiger partial charge in [-0.05, 0) is 95.1 Å². The van der Waals surface area contributed by atoms with Gasteiger partial charge in [0.15, 0.2) is 0 Å². The summed E-state index contributed by atoms with van der Waals surface area (Å²) in [6, 6.07) is 94.7. The Morgan fingerprint density at radius 2 is 0.580 bits per heavy atom. The topological polar surface area (TPSA) is 80.4 Å². The number of nitrogens with zero attached hydrogens (tertiary/aromatic N) is 6. The van der Waals surface area contributed by atoms with Gasteiger partial charge in [0.1, 0.15) is 34.4 Å². The molecular formula is C74H42N6O. The molecule has 0 N–H and O–H groups in total. The lowest BCUT2D eigenvalue weighted by Gasteiger charge is -2.27. The summed E-state index contributed by atoms with van der Waals surface area (Å²) in [5.74, 6) is 0. The van der Waals surface area contributed by atoms with E-state index in [0.29, 0.717) is 33.9 Å². The van der Waals surface area contributed by atoms with Gasteiger partial charge in [-0.25, -0.2) is 0 Å². The first-order valence-electron chi connectivity index (χ1n) is 27.2. The summed E-state index contributed by atoms with van der Waals surface area (Å²) >= 11 is 0. The van der Waals surface area contributed by atoms with E-state index in [2.05, 4.69) is 273 Å². The Morgan fingerprint density at radius 3 is 0.975 bits per heavy atom. The molecule has 5 aromatic heterocycles. The molecule has 0 aliphatic carbocycles. The van der Waals surface area contributed by atoms with Gasteiger partial charge in [0.2, 0.25) is 0 Å². The van der Waals surface area contributed by atoms with E-state index in [1.807, 2.05) is 12.1 Å². The minimum Gasteiger partial charge on any atom is -0.455 e. The molecule has 0 saturated heterocycles. The molecule has 5 heterocycles. The summed E-state index contributed by atoms with van der Waals surface area (Å²) in [6.45, 7) is 0. The van der Waals surface area contributed by atoms with Crippen molar-refractivity contribution >= 4 is 109 Å². The highest BCUT2D eigenvalue weighted by molar-refractivity contribution is 6.25. The molecule has 0 aliphatic heterocycles. The lowest BCUT2D eigenvalue weighted by Crippen LogP contribution is -2.16. The van der Waals surface area contributed by atoms with Crippen LogP contribution in [0.3, 0.4) is 0 Å². The predicted molar refractivity (Wildman–Crippen MR) is 331 cm³/mol. The van der Waals surface area contributed by atoms with Gasteiger partial charge in [-0.1, -0.05) is 182 Å². The van der Waals surface area contributed by atoms with Crippen LogP contribution in [0.2, 0.25) is 0 Å². The minimum absolute atomic E-state index is 0.386. The number of fused-ring (bicyclic) bond motifs is 16. The Balaban J connectivity index is 1.14. The summed E-state index contributed by atoms with van der Waals surface area (Å²) in [5, 5.41) is 35.6. The zero-order valence-corrected chi connectivity index (χ0v) is 43.3. The minimum atomic E-state index is 0.386. The van der Waals surface area contributed by atoms with E-state index in [1.165, 1.54) is 0 Å². The van der Waals surface area contributed by atoms with Gasteiger partial charge in [-0.2, -0.15) is 10.5 Å². The van der Waals surface area contributed by atoms with Gasteiger partial charge in [0, 0.05) is 48.5 Å². The molecule has 17 aromatic rings. The van der Waals surface area contributed by atoms with Gasteiger partial charge >= 0.3 is 0 Å². The average Bonchev–Trinajstić information content (AvgIpc) is 4.41. The van der Waals surface area contributed by atoms with Crippen molar-refractivity contribution in [2.75, 3.05) is 0 Å². The summed E-state index contributed by atoms with van der Waals surface area (Å²) in [6.07, 6.45) is 0. The molecule has 12 aromatic carbocycles. The van der Waals surface area contributed by atoms with E-state index in [4.69, 9.17) is 4.42 Å². The first kappa shape index (κ1) is 44.7. The number of nitriles is 2. The molecule has 7 heteroatoms. The van der Waals surface area contributed by atoms with Crippen LogP contribution >= 0.6 is 0 Å². The van der Waals surface area contributed by atoms with Crippen molar-refractivity contribution < 1.29 is 4.42 Å². The Kier molecular flexibility index (Phi) is 9.42. The van der Waals surface area contributed by atoms with E-state index in [1.54, 1.807) is 0 Å². The second-order valence-electron chi connectivity index (χ2n) is 20.9. The Labute approximate surface area is 463 Å². The highest BCUT2D eigenvalue weighted by atomic mass is 16.3. The molecule has 0 aliphatic rings. The first-order valence-corrected chi connectivity index (χ1v) is 27.2. The quantitative estimate of drug-likeness (QED) is 0.166. The average molecular weight is 1030 g/mol. The monoisotopic (exact) mass is 1030 g/mol. The van der Waals surface area contributed by atoms with E-state index >= 15 is 0 Å².